The highest BCUT2D eigenvalue weighted by Crippen LogP contribution is 2.16. The zero-order chi connectivity index (χ0) is 14.2. The third-order valence-corrected chi connectivity index (χ3v) is 2.81. The maximum absolute atomic E-state index is 9.94. The van der Waals surface area contributed by atoms with Crippen LogP contribution >= 0.6 is 0 Å². The van der Waals surface area contributed by atoms with Gasteiger partial charge in [0.25, 0.3) is 0 Å². The highest BCUT2D eigenvalue weighted by molar-refractivity contribution is 5.41. The number of anilines is 1. The first-order valence-electron chi connectivity index (χ1n) is 6.55. The van der Waals surface area contributed by atoms with Gasteiger partial charge in [-0.1, -0.05) is 30.3 Å². The van der Waals surface area contributed by atoms with E-state index in [9.17, 15) is 5.11 Å². The van der Waals surface area contributed by atoms with E-state index in [1.807, 2.05) is 42.5 Å². The fraction of sp³-hybridized carbons (Fsp3) is 0.250. The molecule has 0 saturated carbocycles. The Kier molecular flexibility index (Phi) is 5.41. The molecule has 0 heterocycles. The molecule has 2 aromatic carbocycles. The lowest BCUT2D eigenvalue weighted by Gasteiger charge is -2.12. The molecule has 0 saturated heterocycles. The molecule has 0 radical (unpaired) electrons. The van der Waals surface area contributed by atoms with Crippen molar-refractivity contribution in [2.24, 2.45) is 0 Å². The molecule has 1 unspecified atom stereocenters. The van der Waals surface area contributed by atoms with E-state index in [2.05, 4.69) is 0 Å². The number of ether oxygens (including phenoxy) is 2. The van der Waals surface area contributed by atoms with Crippen molar-refractivity contribution in [1.29, 1.82) is 0 Å². The van der Waals surface area contributed by atoms with E-state index in [1.165, 1.54) is 0 Å². The monoisotopic (exact) mass is 273 g/mol. The van der Waals surface area contributed by atoms with Crippen LogP contribution in [-0.2, 0) is 4.74 Å². The van der Waals surface area contributed by atoms with Crippen LogP contribution in [0.2, 0.25) is 0 Å². The molecule has 20 heavy (non-hydrogen) atoms. The van der Waals surface area contributed by atoms with E-state index in [-0.39, 0.29) is 6.61 Å². The summed E-state index contributed by atoms with van der Waals surface area (Å²) in [7, 11) is 0. The van der Waals surface area contributed by atoms with Crippen molar-refractivity contribution in [3.05, 3.63) is 60.2 Å². The van der Waals surface area contributed by atoms with Gasteiger partial charge in [-0.15, -0.1) is 0 Å². The topological polar surface area (TPSA) is 64.7 Å². The largest absolute Gasteiger partial charge is 0.491 e. The summed E-state index contributed by atoms with van der Waals surface area (Å²) in [5.41, 5.74) is 7.06. The fourth-order valence-corrected chi connectivity index (χ4v) is 1.79. The van der Waals surface area contributed by atoms with Gasteiger partial charge in [-0.3, -0.25) is 0 Å². The van der Waals surface area contributed by atoms with Crippen molar-refractivity contribution in [1.82, 2.24) is 0 Å². The average Bonchev–Trinajstić information content (AvgIpc) is 2.48. The van der Waals surface area contributed by atoms with Crippen LogP contribution in [0.3, 0.4) is 0 Å². The van der Waals surface area contributed by atoms with Crippen LogP contribution < -0.4 is 10.5 Å². The standard InChI is InChI=1S/C16H19NO3/c17-14-6-4-5-13(11-14)16(18)12-19-9-10-20-15-7-2-1-3-8-15/h1-8,11,16,18H,9-10,12,17H2. The van der Waals surface area contributed by atoms with E-state index < -0.39 is 6.10 Å². The van der Waals surface area contributed by atoms with Gasteiger partial charge in [0, 0.05) is 5.69 Å². The first kappa shape index (κ1) is 14.4. The van der Waals surface area contributed by atoms with Crippen LogP contribution in [0.5, 0.6) is 5.75 Å². The summed E-state index contributed by atoms with van der Waals surface area (Å²) >= 11 is 0. The molecule has 0 spiro atoms. The zero-order valence-corrected chi connectivity index (χ0v) is 11.2. The van der Waals surface area contributed by atoms with E-state index in [0.29, 0.717) is 18.9 Å². The summed E-state index contributed by atoms with van der Waals surface area (Å²) in [5, 5.41) is 9.94. The molecule has 0 aliphatic carbocycles. The number of para-hydroxylation sites is 1. The summed E-state index contributed by atoms with van der Waals surface area (Å²) in [6.07, 6.45) is -0.671. The van der Waals surface area contributed by atoms with Crippen LogP contribution in [-0.4, -0.2) is 24.9 Å². The molecule has 106 valence electrons. The Labute approximate surface area is 118 Å². The second-order valence-corrected chi connectivity index (χ2v) is 4.42. The molecule has 0 aliphatic rings. The van der Waals surface area contributed by atoms with Gasteiger partial charge in [-0.05, 0) is 29.8 Å². The molecule has 1 atom stereocenters. The number of aliphatic hydroxyl groups excluding tert-OH is 1. The fourth-order valence-electron chi connectivity index (χ4n) is 1.79. The molecule has 0 amide bonds. The summed E-state index contributed by atoms with van der Waals surface area (Å²) in [5.74, 6) is 0.812. The second kappa shape index (κ2) is 7.53. The van der Waals surface area contributed by atoms with Gasteiger partial charge >= 0.3 is 0 Å². The molecular formula is C16H19NO3. The van der Waals surface area contributed by atoms with Gasteiger partial charge in [-0.2, -0.15) is 0 Å². The Hall–Kier alpha value is -2.04. The minimum absolute atomic E-state index is 0.224. The van der Waals surface area contributed by atoms with Crippen molar-refractivity contribution in [2.75, 3.05) is 25.6 Å². The van der Waals surface area contributed by atoms with Gasteiger partial charge in [-0.25, -0.2) is 0 Å². The Morgan fingerprint density at radius 2 is 1.80 bits per heavy atom. The quantitative estimate of drug-likeness (QED) is 0.600. The third kappa shape index (κ3) is 4.57. The Bertz CT molecular complexity index is 516. The van der Waals surface area contributed by atoms with Crippen molar-refractivity contribution in [3.8, 4) is 5.75 Å². The van der Waals surface area contributed by atoms with E-state index in [1.54, 1.807) is 12.1 Å². The third-order valence-electron chi connectivity index (χ3n) is 2.81. The SMILES string of the molecule is Nc1cccc(C(O)COCCOc2ccccc2)c1. The number of hydrogen-bond acceptors (Lipinski definition) is 4. The van der Waals surface area contributed by atoms with E-state index in [4.69, 9.17) is 15.2 Å². The Balaban J connectivity index is 1.66. The number of nitrogens with two attached hydrogens (primary N) is 1. The van der Waals surface area contributed by atoms with Crippen LogP contribution in [0.15, 0.2) is 54.6 Å². The summed E-state index contributed by atoms with van der Waals surface area (Å²) in [6, 6.07) is 16.7. The molecule has 0 aliphatic heterocycles. The van der Waals surface area contributed by atoms with Gasteiger partial charge in [0.2, 0.25) is 0 Å². The molecule has 0 fully saturated rings. The smallest absolute Gasteiger partial charge is 0.119 e. The lowest BCUT2D eigenvalue weighted by molar-refractivity contribution is 0.0240. The summed E-state index contributed by atoms with van der Waals surface area (Å²) < 4.78 is 10.9. The van der Waals surface area contributed by atoms with Gasteiger partial charge in [0.1, 0.15) is 18.5 Å². The Morgan fingerprint density at radius 1 is 1.00 bits per heavy atom. The molecule has 0 aromatic heterocycles. The summed E-state index contributed by atoms with van der Waals surface area (Å²) in [4.78, 5) is 0. The molecule has 2 aromatic rings. The van der Waals surface area contributed by atoms with Gasteiger partial charge in [0.05, 0.1) is 13.2 Å². The molecular weight excluding hydrogens is 254 g/mol. The van der Waals surface area contributed by atoms with Crippen molar-refractivity contribution in [2.45, 2.75) is 6.10 Å². The van der Waals surface area contributed by atoms with Crippen LogP contribution in [0.1, 0.15) is 11.7 Å². The van der Waals surface area contributed by atoms with E-state index in [0.717, 1.165) is 11.3 Å². The highest BCUT2D eigenvalue weighted by Gasteiger charge is 2.07. The van der Waals surface area contributed by atoms with Crippen molar-refractivity contribution < 1.29 is 14.6 Å². The summed E-state index contributed by atoms with van der Waals surface area (Å²) in [6.45, 7) is 1.10. The minimum Gasteiger partial charge on any atom is -0.491 e. The minimum atomic E-state index is -0.671. The number of nitrogen functional groups attached to an aromatic ring is 1. The number of hydrogen-bond donors (Lipinski definition) is 2. The maximum atomic E-state index is 9.94. The predicted octanol–water partition coefficient (Wildman–Crippen LogP) is 2.40. The van der Waals surface area contributed by atoms with Crippen LogP contribution in [0.4, 0.5) is 5.69 Å². The second-order valence-electron chi connectivity index (χ2n) is 4.42. The molecule has 3 N–H and O–H groups in total. The Morgan fingerprint density at radius 3 is 2.55 bits per heavy atom. The predicted molar refractivity (Wildman–Crippen MR) is 78.6 cm³/mol. The van der Waals surface area contributed by atoms with Crippen molar-refractivity contribution >= 4 is 5.69 Å². The van der Waals surface area contributed by atoms with Crippen molar-refractivity contribution in [3.63, 3.8) is 0 Å². The number of rotatable bonds is 7. The number of aliphatic hydroxyl groups is 1. The van der Waals surface area contributed by atoms with Crippen LogP contribution in [0.25, 0.3) is 0 Å². The first-order chi connectivity index (χ1) is 9.75. The zero-order valence-electron chi connectivity index (χ0n) is 11.2. The van der Waals surface area contributed by atoms with E-state index >= 15 is 0 Å². The highest BCUT2D eigenvalue weighted by atomic mass is 16.5. The van der Waals surface area contributed by atoms with Gasteiger partial charge in [0.15, 0.2) is 0 Å². The molecule has 0 bridgehead atoms. The average molecular weight is 273 g/mol. The lowest BCUT2D eigenvalue weighted by Crippen LogP contribution is -2.12. The number of benzene rings is 2. The van der Waals surface area contributed by atoms with Gasteiger partial charge < -0.3 is 20.3 Å². The first-order valence-corrected chi connectivity index (χ1v) is 6.55. The maximum Gasteiger partial charge on any atom is 0.119 e. The lowest BCUT2D eigenvalue weighted by atomic mass is 10.1. The molecule has 4 heteroatoms. The van der Waals surface area contributed by atoms with Crippen LogP contribution in [0, 0.1) is 0 Å². The molecule has 4 nitrogen and oxygen atoms in total. The molecule has 2 rings (SSSR count). The normalized spacial score (nSPS) is 12.1.